The number of nitrogens with zero attached hydrogens (tertiary/aromatic N) is 3. The SMILES string of the molecule is COc1ccc(CNc2nc(Cl)cc3c2ncn3C)cc1. The van der Waals surface area contributed by atoms with Gasteiger partial charge in [-0.2, -0.15) is 0 Å². The normalized spacial score (nSPS) is 10.8. The lowest BCUT2D eigenvalue weighted by Gasteiger charge is -2.08. The van der Waals surface area contributed by atoms with Gasteiger partial charge < -0.3 is 14.6 Å². The summed E-state index contributed by atoms with van der Waals surface area (Å²) in [6.07, 6.45) is 1.75. The van der Waals surface area contributed by atoms with Gasteiger partial charge in [0.05, 0.1) is 19.0 Å². The third kappa shape index (κ3) is 2.78. The molecule has 108 valence electrons. The quantitative estimate of drug-likeness (QED) is 0.752. The van der Waals surface area contributed by atoms with Gasteiger partial charge in [-0.1, -0.05) is 23.7 Å². The van der Waals surface area contributed by atoms with E-state index in [4.69, 9.17) is 16.3 Å². The Morgan fingerprint density at radius 1 is 1.29 bits per heavy atom. The summed E-state index contributed by atoms with van der Waals surface area (Å²) >= 11 is 6.07. The molecule has 0 saturated heterocycles. The first-order chi connectivity index (χ1) is 10.2. The lowest BCUT2D eigenvalue weighted by atomic mass is 10.2. The van der Waals surface area contributed by atoms with Crippen molar-refractivity contribution in [1.29, 1.82) is 0 Å². The van der Waals surface area contributed by atoms with E-state index in [0.29, 0.717) is 17.5 Å². The molecule has 21 heavy (non-hydrogen) atoms. The molecule has 0 aliphatic heterocycles. The number of ether oxygens (including phenoxy) is 1. The molecular formula is C15H15ClN4O. The number of aromatic nitrogens is 3. The number of rotatable bonds is 4. The maximum absolute atomic E-state index is 6.07. The molecule has 5 nitrogen and oxygen atoms in total. The number of nitrogens with one attached hydrogen (secondary N) is 1. The van der Waals surface area contributed by atoms with Crippen LogP contribution < -0.4 is 10.1 Å². The molecule has 2 aromatic heterocycles. The van der Waals surface area contributed by atoms with Crippen LogP contribution in [0.2, 0.25) is 5.15 Å². The number of imidazole rings is 1. The summed E-state index contributed by atoms with van der Waals surface area (Å²) < 4.78 is 7.06. The van der Waals surface area contributed by atoms with Crippen LogP contribution in [0.15, 0.2) is 36.7 Å². The predicted molar refractivity (Wildman–Crippen MR) is 83.8 cm³/mol. The van der Waals surface area contributed by atoms with Gasteiger partial charge in [-0.25, -0.2) is 9.97 Å². The zero-order chi connectivity index (χ0) is 14.8. The van der Waals surface area contributed by atoms with Gasteiger partial charge in [0.1, 0.15) is 16.4 Å². The van der Waals surface area contributed by atoms with Crippen molar-refractivity contribution in [1.82, 2.24) is 14.5 Å². The standard InChI is InChI=1S/C15H15ClN4O/c1-20-9-18-14-12(20)7-13(16)19-15(14)17-8-10-3-5-11(21-2)6-4-10/h3-7,9H,8H2,1-2H3,(H,17,19). The second-order valence-electron chi connectivity index (χ2n) is 4.72. The van der Waals surface area contributed by atoms with Crippen LogP contribution in [0.4, 0.5) is 5.82 Å². The molecule has 0 bridgehead atoms. The Balaban J connectivity index is 1.84. The van der Waals surface area contributed by atoms with E-state index < -0.39 is 0 Å². The molecule has 2 heterocycles. The fourth-order valence-electron chi connectivity index (χ4n) is 2.15. The minimum atomic E-state index is 0.448. The zero-order valence-electron chi connectivity index (χ0n) is 11.8. The third-order valence-electron chi connectivity index (χ3n) is 3.30. The van der Waals surface area contributed by atoms with E-state index in [0.717, 1.165) is 22.3 Å². The Morgan fingerprint density at radius 2 is 2.05 bits per heavy atom. The molecule has 0 amide bonds. The summed E-state index contributed by atoms with van der Waals surface area (Å²) in [6, 6.07) is 9.68. The maximum Gasteiger partial charge on any atom is 0.156 e. The smallest absolute Gasteiger partial charge is 0.156 e. The Hall–Kier alpha value is -2.27. The molecule has 0 aliphatic rings. The third-order valence-corrected chi connectivity index (χ3v) is 3.49. The van der Waals surface area contributed by atoms with E-state index in [-0.39, 0.29) is 0 Å². The Bertz CT molecular complexity index is 767. The minimum absolute atomic E-state index is 0.448. The van der Waals surface area contributed by atoms with Crippen LogP contribution in [0.1, 0.15) is 5.56 Å². The molecule has 0 radical (unpaired) electrons. The van der Waals surface area contributed by atoms with Crippen LogP contribution in [0, 0.1) is 0 Å². The number of hydrogen-bond acceptors (Lipinski definition) is 4. The molecule has 0 unspecified atom stereocenters. The van der Waals surface area contributed by atoms with E-state index >= 15 is 0 Å². The summed E-state index contributed by atoms with van der Waals surface area (Å²) in [5, 5.41) is 3.73. The molecule has 1 aromatic carbocycles. The van der Waals surface area contributed by atoms with Gasteiger partial charge >= 0.3 is 0 Å². The van der Waals surface area contributed by atoms with E-state index in [1.54, 1.807) is 13.4 Å². The highest BCUT2D eigenvalue weighted by Gasteiger charge is 2.09. The van der Waals surface area contributed by atoms with Gasteiger partial charge in [0.15, 0.2) is 5.82 Å². The summed E-state index contributed by atoms with van der Waals surface area (Å²) in [4.78, 5) is 8.68. The van der Waals surface area contributed by atoms with E-state index in [1.807, 2.05) is 41.9 Å². The Morgan fingerprint density at radius 3 is 2.76 bits per heavy atom. The van der Waals surface area contributed by atoms with Crippen molar-refractivity contribution in [2.45, 2.75) is 6.54 Å². The average Bonchev–Trinajstić information content (AvgIpc) is 2.87. The molecule has 0 saturated carbocycles. The summed E-state index contributed by atoms with van der Waals surface area (Å²) in [6.45, 7) is 0.642. The monoisotopic (exact) mass is 302 g/mol. The van der Waals surface area contributed by atoms with Gasteiger partial charge in [0, 0.05) is 19.7 Å². The summed E-state index contributed by atoms with van der Waals surface area (Å²) in [5.41, 5.74) is 2.89. The number of fused-ring (bicyclic) bond motifs is 1. The Labute approximate surface area is 127 Å². The first-order valence-corrected chi connectivity index (χ1v) is 6.89. The van der Waals surface area contributed by atoms with Crippen molar-refractivity contribution in [3.63, 3.8) is 0 Å². The minimum Gasteiger partial charge on any atom is -0.497 e. The maximum atomic E-state index is 6.07. The van der Waals surface area contributed by atoms with Crippen LogP contribution in [0.3, 0.4) is 0 Å². The van der Waals surface area contributed by atoms with E-state index in [9.17, 15) is 0 Å². The fourth-order valence-corrected chi connectivity index (χ4v) is 2.34. The van der Waals surface area contributed by atoms with Gasteiger partial charge in [0.2, 0.25) is 0 Å². The van der Waals surface area contributed by atoms with Gasteiger partial charge in [0.25, 0.3) is 0 Å². The molecule has 3 aromatic rings. The van der Waals surface area contributed by atoms with Crippen LogP contribution in [-0.4, -0.2) is 21.6 Å². The fraction of sp³-hybridized carbons (Fsp3) is 0.200. The highest BCUT2D eigenvalue weighted by atomic mass is 35.5. The molecule has 0 aliphatic carbocycles. The van der Waals surface area contributed by atoms with Crippen LogP contribution in [-0.2, 0) is 13.6 Å². The molecule has 3 rings (SSSR count). The van der Waals surface area contributed by atoms with Crippen molar-refractivity contribution >= 4 is 28.5 Å². The van der Waals surface area contributed by atoms with Crippen molar-refractivity contribution in [3.05, 3.63) is 47.4 Å². The first kappa shape index (κ1) is 13.7. The topological polar surface area (TPSA) is 52.0 Å². The highest BCUT2D eigenvalue weighted by molar-refractivity contribution is 6.30. The van der Waals surface area contributed by atoms with Crippen LogP contribution >= 0.6 is 11.6 Å². The number of anilines is 1. The summed E-state index contributed by atoms with van der Waals surface area (Å²) in [5.74, 6) is 1.53. The van der Waals surface area contributed by atoms with Crippen molar-refractivity contribution in [2.75, 3.05) is 12.4 Å². The van der Waals surface area contributed by atoms with Gasteiger partial charge in [-0.3, -0.25) is 0 Å². The largest absolute Gasteiger partial charge is 0.497 e. The number of benzene rings is 1. The average molecular weight is 303 g/mol. The van der Waals surface area contributed by atoms with Crippen molar-refractivity contribution < 1.29 is 4.74 Å². The highest BCUT2D eigenvalue weighted by Crippen LogP contribution is 2.23. The molecule has 0 fully saturated rings. The number of methoxy groups -OCH3 is 1. The first-order valence-electron chi connectivity index (χ1n) is 6.52. The molecule has 6 heteroatoms. The van der Waals surface area contributed by atoms with Crippen molar-refractivity contribution in [3.8, 4) is 5.75 Å². The Kier molecular flexibility index (Phi) is 3.66. The van der Waals surface area contributed by atoms with Crippen LogP contribution in [0.5, 0.6) is 5.75 Å². The molecular weight excluding hydrogens is 288 g/mol. The second kappa shape index (κ2) is 5.61. The predicted octanol–water partition coefficient (Wildman–Crippen LogP) is 3.24. The second-order valence-corrected chi connectivity index (χ2v) is 5.11. The summed E-state index contributed by atoms with van der Waals surface area (Å²) in [7, 11) is 3.58. The van der Waals surface area contributed by atoms with E-state index in [1.165, 1.54) is 0 Å². The lowest BCUT2D eigenvalue weighted by molar-refractivity contribution is 0.414. The number of aryl methyl sites for hydroxylation is 1. The molecule has 0 spiro atoms. The van der Waals surface area contributed by atoms with Gasteiger partial charge in [-0.05, 0) is 17.7 Å². The number of pyridine rings is 1. The van der Waals surface area contributed by atoms with E-state index in [2.05, 4.69) is 15.3 Å². The van der Waals surface area contributed by atoms with Crippen LogP contribution in [0.25, 0.3) is 11.0 Å². The zero-order valence-corrected chi connectivity index (χ0v) is 12.6. The lowest BCUT2D eigenvalue weighted by Crippen LogP contribution is -2.02. The van der Waals surface area contributed by atoms with Crippen molar-refractivity contribution in [2.24, 2.45) is 7.05 Å². The van der Waals surface area contributed by atoms with Gasteiger partial charge in [-0.15, -0.1) is 0 Å². The number of halogens is 1. The molecule has 0 atom stereocenters. The molecule has 1 N–H and O–H groups in total. The number of hydrogen-bond donors (Lipinski definition) is 1.